The molecule has 2 bridgehead atoms. The Morgan fingerprint density at radius 1 is 1.06 bits per heavy atom. The number of anilines is 1. The molecule has 32 heavy (non-hydrogen) atoms. The molecular weight excluding hydrogens is 430 g/mol. The molecule has 3 aromatic heterocycles. The van der Waals surface area contributed by atoms with Crippen molar-refractivity contribution >= 4 is 28.5 Å². The van der Waals surface area contributed by atoms with E-state index in [0.717, 1.165) is 54.6 Å². The molecule has 9 nitrogen and oxygen atoms in total. The summed E-state index contributed by atoms with van der Waals surface area (Å²) in [6, 6.07) is 2.04. The third-order valence-electron chi connectivity index (χ3n) is 7.89. The molecule has 0 amide bonds. The predicted molar refractivity (Wildman–Crippen MR) is 119 cm³/mol. The first-order valence-corrected chi connectivity index (χ1v) is 11.8. The van der Waals surface area contributed by atoms with Crippen LogP contribution in [0.2, 0.25) is 5.02 Å². The van der Waals surface area contributed by atoms with Crippen molar-refractivity contribution in [3.63, 3.8) is 0 Å². The van der Waals surface area contributed by atoms with Crippen molar-refractivity contribution in [1.29, 1.82) is 0 Å². The summed E-state index contributed by atoms with van der Waals surface area (Å²) >= 11 is 6.64. The summed E-state index contributed by atoms with van der Waals surface area (Å²) in [7, 11) is 0. The molecule has 3 aliphatic carbocycles. The van der Waals surface area contributed by atoms with Crippen molar-refractivity contribution in [2.45, 2.75) is 36.9 Å². The standard InChI is InChI=1S/C22H26ClN7O2/c23-17-5-15-9-25-30(16-10-24-29(11-16)22-6-14(7-22)8-22)20(15)26-21(17)28-3-1-27(2-4-28)18-12-32-13-19(18)31/h5,9-11,14,18-19,31H,1-4,6-8,12-13H2. The van der Waals surface area contributed by atoms with Crippen LogP contribution in [0.3, 0.4) is 0 Å². The Morgan fingerprint density at radius 2 is 1.88 bits per heavy atom. The zero-order chi connectivity index (χ0) is 21.4. The van der Waals surface area contributed by atoms with Gasteiger partial charge in [-0.3, -0.25) is 9.58 Å². The van der Waals surface area contributed by atoms with Gasteiger partial charge in [-0.15, -0.1) is 0 Å². The topological polar surface area (TPSA) is 84.5 Å². The summed E-state index contributed by atoms with van der Waals surface area (Å²) in [6.45, 7) is 4.32. The van der Waals surface area contributed by atoms with Gasteiger partial charge in [-0.2, -0.15) is 10.2 Å². The average Bonchev–Trinajstić information content (AvgIpc) is 3.45. The number of hydrogen-bond donors (Lipinski definition) is 1. The quantitative estimate of drug-likeness (QED) is 0.640. The molecule has 168 valence electrons. The van der Waals surface area contributed by atoms with Crippen LogP contribution in [-0.4, -0.2) is 86.1 Å². The Bertz CT molecular complexity index is 1170. The fourth-order valence-corrected chi connectivity index (χ4v) is 6.15. The third-order valence-corrected chi connectivity index (χ3v) is 8.17. The van der Waals surface area contributed by atoms with Gasteiger partial charge in [0.1, 0.15) is 11.5 Å². The Morgan fingerprint density at radius 3 is 2.56 bits per heavy atom. The summed E-state index contributed by atoms with van der Waals surface area (Å²) in [5, 5.41) is 20.9. The molecular formula is C22H26ClN7O2. The summed E-state index contributed by atoms with van der Waals surface area (Å²) in [5.74, 6) is 1.69. The number of pyridine rings is 1. The van der Waals surface area contributed by atoms with E-state index in [2.05, 4.69) is 30.9 Å². The minimum Gasteiger partial charge on any atom is -0.389 e. The molecule has 5 fully saturated rings. The molecule has 2 aliphatic heterocycles. The highest BCUT2D eigenvalue weighted by molar-refractivity contribution is 6.33. The van der Waals surface area contributed by atoms with Crippen LogP contribution < -0.4 is 4.90 Å². The molecule has 10 heteroatoms. The van der Waals surface area contributed by atoms with Gasteiger partial charge in [0, 0.05) is 31.6 Å². The molecule has 8 rings (SSSR count). The Balaban J connectivity index is 1.15. The van der Waals surface area contributed by atoms with Gasteiger partial charge in [0.15, 0.2) is 5.65 Å². The van der Waals surface area contributed by atoms with Crippen molar-refractivity contribution in [3.05, 3.63) is 29.7 Å². The van der Waals surface area contributed by atoms with Crippen LogP contribution in [0.5, 0.6) is 0 Å². The minimum absolute atomic E-state index is 0.0853. The predicted octanol–water partition coefficient (Wildman–Crippen LogP) is 1.66. The lowest BCUT2D eigenvalue weighted by Gasteiger charge is -2.61. The van der Waals surface area contributed by atoms with E-state index in [4.69, 9.17) is 21.3 Å². The second-order valence-electron chi connectivity index (χ2n) is 9.80. The molecule has 5 aliphatic rings. The summed E-state index contributed by atoms with van der Waals surface area (Å²) in [6.07, 6.45) is 9.16. The normalized spacial score (nSPS) is 32.3. The average molecular weight is 456 g/mol. The van der Waals surface area contributed by atoms with E-state index in [1.165, 1.54) is 19.3 Å². The maximum absolute atomic E-state index is 10.1. The maximum atomic E-state index is 10.1. The van der Waals surface area contributed by atoms with E-state index in [1.54, 1.807) is 0 Å². The number of halogens is 1. The highest BCUT2D eigenvalue weighted by atomic mass is 35.5. The van der Waals surface area contributed by atoms with Crippen LogP contribution in [0.4, 0.5) is 5.82 Å². The second kappa shape index (κ2) is 6.90. The first-order valence-electron chi connectivity index (χ1n) is 11.4. The van der Waals surface area contributed by atoms with Crippen LogP contribution in [0.1, 0.15) is 19.3 Å². The first-order chi connectivity index (χ1) is 15.6. The number of aliphatic hydroxyl groups is 1. The van der Waals surface area contributed by atoms with E-state index >= 15 is 0 Å². The second-order valence-corrected chi connectivity index (χ2v) is 10.2. The smallest absolute Gasteiger partial charge is 0.165 e. The Hall–Kier alpha value is -2.20. The van der Waals surface area contributed by atoms with Gasteiger partial charge < -0.3 is 14.7 Å². The van der Waals surface area contributed by atoms with E-state index in [1.807, 2.05) is 23.1 Å². The van der Waals surface area contributed by atoms with E-state index < -0.39 is 6.10 Å². The van der Waals surface area contributed by atoms with Gasteiger partial charge in [-0.25, -0.2) is 9.67 Å². The number of hydrogen-bond acceptors (Lipinski definition) is 7. The SMILES string of the molecule is OC1COCC1N1CCN(c2nc3c(cnn3-c3cnn(C45CC(C4)C5)c3)cc2Cl)CC1. The molecule has 5 heterocycles. The Kier molecular flexibility index (Phi) is 4.16. The van der Waals surface area contributed by atoms with E-state index in [0.29, 0.717) is 18.2 Å². The van der Waals surface area contributed by atoms with Crippen molar-refractivity contribution in [2.24, 2.45) is 5.92 Å². The zero-order valence-corrected chi connectivity index (χ0v) is 18.5. The number of piperazine rings is 1. The molecule has 3 aromatic rings. The molecule has 2 saturated heterocycles. The van der Waals surface area contributed by atoms with Gasteiger partial charge in [0.2, 0.25) is 0 Å². The lowest BCUT2D eigenvalue weighted by atomic mass is 9.50. The maximum Gasteiger partial charge on any atom is 0.165 e. The summed E-state index contributed by atoms with van der Waals surface area (Å²) in [5.41, 5.74) is 1.99. The van der Waals surface area contributed by atoms with Gasteiger partial charge in [-0.1, -0.05) is 11.6 Å². The van der Waals surface area contributed by atoms with Crippen LogP contribution in [0.25, 0.3) is 16.7 Å². The summed E-state index contributed by atoms with van der Waals surface area (Å²) < 4.78 is 9.43. The van der Waals surface area contributed by atoms with Crippen molar-refractivity contribution in [3.8, 4) is 5.69 Å². The fourth-order valence-electron chi connectivity index (χ4n) is 5.88. The Labute approximate surface area is 190 Å². The molecule has 2 unspecified atom stereocenters. The largest absolute Gasteiger partial charge is 0.389 e. The van der Waals surface area contributed by atoms with Crippen molar-refractivity contribution in [2.75, 3.05) is 44.3 Å². The monoisotopic (exact) mass is 455 g/mol. The van der Waals surface area contributed by atoms with E-state index in [9.17, 15) is 5.11 Å². The van der Waals surface area contributed by atoms with Gasteiger partial charge >= 0.3 is 0 Å². The van der Waals surface area contributed by atoms with Crippen molar-refractivity contribution in [1.82, 2.24) is 29.4 Å². The van der Waals surface area contributed by atoms with Crippen LogP contribution >= 0.6 is 11.6 Å². The molecule has 2 atom stereocenters. The van der Waals surface area contributed by atoms with Gasteiger partial charge in [0.25, 0.3) is 0 Å². The molecule has 3 saturated carbocycles. The molecule has 0 radical (unpaired) electrons. The van der Waals surface area contributed by atoms with Gasteiger partial charge in [0.05, 0.1) is 54.5 Å². The van der Waals surface area contributed by atoms with Crippen LogP contribution in [-0.2, 0) is 10.3 Å². The zero-order valence-electron chi connectivity index (χ0n) is 17.8. The molecule has 0 aromatic carbocycles. The first kappa shape index (κ1) is 19.3. The highest BCUT2D eigenvalue weighted by Gasteiger charge is 2.58. The van der Waals surface area contributed by atoms with E-state index in [-0.39, 0.29) is 11.6 Å². The minimum atomic E-state index is -0.403. The number of aromatic nitrogens is 5. The molecule has 0 spiro atoms. The summed E-state index contributed by atoms with van der Waals surface area (Å²) in [4.78, 5) is 9.49. The number of aliphatic hydroxyl groups excluding tert-OH is 1. The molecule has 1 N–H and O–H groups in total. The number of nitrogens with zero attached hydrogens (tertiary/aromatic N) is 7. The number of fused-ring (bicyclic) bond motifs is 1. The van der Waals surface area contributed by atoms with Crippen LogP contribution in [0, 0.1) is 5.92 Å². The number of ether oxygens (including phenoxy) is 1. The van der Waals surface area contributed by atoms with Gasteiger partial charge in [-0.05, 0) is 31.2 Å². The lowest BCUT2D eigenvalue weighted by Crippen LogP contribution is -2.59. The third kappa shape index (κ3) is 2.78. The lowest BCUT2D eigenvalue weighted by molar-refractivity contribution is -0.0977. The van der Waals surface area contributed by atoms with Crippen molar-refractivity contribution < 1.29 is 9.84 Å². The number of rotatable bonds is 4. The fraction of sp³-hybridized carbons (Fsp3) is 0.591. The highest BCUT2D eigenvalue weighted by Crippen LogP contribution is 2.62. The van der Waals surface area contributed by atoms with Crippen LogP contribution in [0.15, 0.2) is 24.7 Å².